The Bertz CT molecular complexity index is 435. The van der Waals surface area contributed by atoms with Gasteiger partial charge < -0.3 is 10.1 Å². The van der Waals surface area contributed by atoms with Gasteiger partial charge in [-0.3, -0.25) is 4.79 Å². The molecule has 0 atom stereocenters. The average molecular weight is 326 g/mol. The van der Waals surface area contributed by atoms with Crippen LogP contribution in [0.2, 0.25) is 0 Å². The third-order valence-electron chi connectivity index (χ3n) is 2.16. The van der Waals surface area contributed by atoms with Crippen molar-refractivity contribution in [3.8, 4) is 0 Å². The maximum atomic E-state index is 12.7. The Morgan fingerprint density at radius 1 is 1.44 bits per heavy atom. The van der Waals surface area contributed by atoms with Gasteiger partial charge in [0.05, 0.1) is 19.1 Å². The van der Waals surface area contributed by atoms with Crippen LogP contribution in [-0.4, -0.2) is 19.6 Å². The number of hydrogen-bond acceptors (Lipinski definition) is 3. The summed E-state index contributed by atoms with van der Waals surface area (Å²) in [6.07, 6.45) is -4.44. The molecule has 3 nitrogen and oxygen atoms in total. The topological polar surface area (TPSA) is 38.3 Å². The Morgan fingerprint density at radius 3 is 2.67 bits per heavy atom. The molecule has 0 aliphatic rings. The number of methoxy groups -OCH3 is 1. The molecule has 0 aliphatic carbocycles. The highest BCUT2D eigenvalue weighted by atomic mass is 79.9. The van der Waals surface area contributed by atoms with Gasteiger partial charge in [-0.15, -0.1) is 0 Å². The van der Waals surface area contributed by atoms with Gasteiger partial charge in [-0.2, -0.15) is 13.2 Å². The van der Waals surface area contributed by atoms with E-state index in [1.807, 2.05) is 0 Å². The lowest BCUT2D eigenvalue weighted by molar-refractivity contribution is -0.140. The predicted octanol–water partition coefficient (Wildman–Crippen LogP) is 3.44. The van der Waals surface area contributed by atoms with E-state index in [1.54, 1.807) is 0 Å². The first kappa shape index (κ1) is 14.8. The summed E-state index contributed by atoms with van der Waals surface area (Å²) in [7, 11) is 1.23. The minimum absolute atomic E-state index is 0.00383. The molecule has 0 amide bonds. The highest BCUT2D eigenvalue weighted by Crippen LogP contribution is 2.36. The largest absolute Gasteiger partial charge is 0.469 e. The molecule has 1 aromatic rings. The van der Waals surface area contributed by atoms with E-state index < -0.39 is 17.7 Å². The first-order valence-corrected chi connectivity index (χ1v) is 5.81. The van der Waals surface area contributed by atoms with E-state index in [1.165, 1.54) is 19.2 Å². The molecule has 0 heterocycles. The molecular formula is C11H11BrF3NO2. The van der Waals surface area contributed by atoms with Crippen LogP contribution in [0.15, 0.2) is 22.7 Å². The number of benzene rings is 1. The van der Waals surface area contributed by atoms with E-state index in [0.717, 1.165) is 6.07 Å². The van der Waals surface area contributed by atoms with Crippen molar-refractivity contribution >= 4 is 27.6 Å². The number of anilines is 1. The monoisotopic (exact) mass is 325 g/mol. The first-order chi connectivity index (χ1) is 8.34. The summed E-state index contributed by atoms with van der Waals surface area (Å²) in [4.78, 5) is 10.8. The van der Waals surface area contributed by atoms with Gasteiger partial charge in [0.1, 0.15) is 0 Å². The Kier molecular flexibility index (Phi) is 5.01. The Labute approximate surface area is 110 Å². The van der Waals surface area contributed by atoms with Crippen molar-refractivity contribution in [3.05, 3.63) is 28.2 Å². The quantitative estimate of drug-likeness (QED) is 0.862. The van der Waals surface area contributed by atoms with E-state index in [4.69, 9.17) is 0 Å². The molecule has 7 heteroatoms. The maximum absolute atomic E-state index is 12.7. The number of hydrogen-bond donors (Lipinski definition) is 1. The van der Waals surface area contributed by atoms with Crippen LogP contribution in [0.25, 0.3) is 0 Å². The second-order valence-corrected chi connectivity index (χ2v) is 4.36. The summed E-state index contributed by atoms with van der Waals surface area (Å²) in [6.45, 7) is 0.0807. The van der Waals surface area contributed by atoms with E-state index in [0.29, 0.717) is 4.47 Å². The SMILES string of the molecule is COC(=O)CCNc1ccc(Br)cc1C(F)(F)F. The van der Waals surface area contributed by atoms with Crippen LogP contribution in [0.3, 0.4) is 0 Å². The molecule has 0 aromatic heterocycles. The van der Waals surface area contributed by atoms with Crippen LogP contribution in [0.1, 0.15) is 12.0 Å². The molecule has 1 N–H and O–H groups in total. The number of halogens is 4. The molecule has 0 aliphatic heterocycles. The van der Waals surface area contributed by atoms with E-state index >= 15 is 0 Å². The van der Waals surface area contributed by atoms with E-state index in [9.17, 15) is 18.0 Å². The van der Waals surface area contributed by atoms with Gasteiger partial charge in [0, 0.05) is 16.7 Å². The Morgan fingerprint density at radius 2 is 2.11 bits per heavy atom. The second kappa shape index (κ2) is 6.08. The van der Waals surface area contributed by atoms with Crippen LogP contribution in [0.5, 0.6) is 0 Å². The van der Waals surface area contributed by atoms with Gasteiger partial charge in [0.2, 0.25) is 0 Å². The highest BCUT2D eigenvalue weighted by molar-refractivity contribution is 9.10. The average Bonchev–Trinajstić information content (AvgIpc) is 2.29. The third kappa shape index (κ3) is 4.21. The Balaban J connectivity index is 2.79. The number of carbonyl (C=O) groups excluding carboxylic acids is 1. The van der Waals surface area contributed by atoms with Crippen LogP contribution in [-0.2, 0) is 15.7 Å². The number of rotatable bonds is 4. The number of carbonyl (C=O) groups is 1. The molecule has 1 aromatic carbocycles. The Hall–Kier alpha value is -1.24. The summed E-state index contributed by atoms with van der Waals surface area (Å²) in [5.41, 5.74) is -0.837. The lowest BCUT2D eigenvalue weighted by atomic mass is 10.1. The maximum Gasteiger partial charge on any atom is 0.418 e. The molecule has 100 valence electrons. The molecular weight excluding hydrogens is 315 g/mol. The normalized spacial score (nSPS) is 11.2. The highest BCUT2D eigenvalue weighted by Gasteiger charge is 2.33. The van der Waals surface area contributed by atoms with Crippen LogP contribution in [0.4, 0.5) is 18.9 Å². The lowest BCUT2D eigenvalue weighted by Crippen LogP contribution is -2.14. The van der Waals surface area contributed by atoms with Gasteiger partial charge in [0.15, 0.2) is 0 Å². The number of alkyl halides is 3. The number of ether oxygens (including phenoxy) is 1. The van der Waals surface area contributed by atoms with Gasteiger partial charge >= 0.3 is 12.1 Å². The lowest BCUT2D eigenvalue weighted by Gasteiger charge is -2.14. The molecule has 0 saturated heterocycles. The summed E-state index contributed by atoms with van der Waals surface area (Å²) in [5.74, 6) is -0.479. The van der Waals surface area contributed by atoms with Crippen LogP contribution < -0.4 is 5.32 Å². The van der Waals surface area contributed by atoms with Crippen molar-refractivity contribution in [1.82, 2.24) is 0 Å². The summed E-state index contributed by atoms with van der Waals surface area (Å²) in [5, 5.41) is 2.57. The fourth-order valence-corrected chi connectivity index (χ4v) is 1.67. The van der Waals surface area contributed by atoms with Crippen LogP contribution in [0, 0.1) is 0 Å². The molecule has 0 spiro atoms. The molecule has 0 fully saturated rings. The van der Waals surface area contributed by atoms with Gasteiger partial charge in [0.25, 0.3) is 0 Å². The fraction of sp³-hybridized carbons (Fsp3) is 0.364. The van der Waals surface area contributed by atoms with Gasteiger partial charge in [-0.1, -0.05) is 15.9 Å². The molecule has 1 rings (SSSR count). The zero-order valence-corrected chi connectivity index (χ0v) is 11.1. The predicted molar refractivity (Wildman–Crippen MR) is 64.3 cm³/mol. The van der Waals surface area contributed by atoms with Crippen LogP contribution >= 0.6 is 15.9 Å². The van der Waals surface area contributed by atoms with Crippen molar-refractivity contribution < 1.29 is 22.7 Å². The number of esters is 1. The second-order valence-electron chi connectivity index (χ2n) is 3.44. The standard InChI is InChI=1S/C11H11BrF3NO2/c1-18-10(17)4-5-16-9-3-2-7(12)6-8(9)11(13,14)15/h2-3,6,16H,4-5H2,1H3. The molecule has 18 heavy (non-hydrogen) atoms. The van der Waals surface area contributed by atoms with Crippen molar-refractivity contribution in [2.75, 3.05) is 19.0 Å². The summed E-state index contributed by atoms with van der Waals surface area (Å²) < 4.78 is 42.9. The minimum Gasteiger partial charge on any atom is -0.469 e. The molecule has 0 bridgehead atoms. The van der Waals surface area contributed by atoms with Gasteiger partial charge in [-0.25, -0.2) is 0 Å². The molecule has 0 saturated carbocycles. The van der Waals surface area contributed by atoms with Crippen molar-refractivity contribution in [2.24, 2.45) is 0 Å². The zero-order valence-electron chi connectivity index (χ0n) is 9.47. The minimum atomic E-state index is -4.45. The zero-order chi connectivity index (χ0) is 13.8. The smallest absolute Gasteiger partial charge is 0.418 e. The van der Waals surface area contributed by atoms with E-state index in [2.05, 4.69) is 26.0 Å². The van der Waals surface area contributed by atoms with Gasteiger partial charge in [-0.05, 0) is 18.2 Å². The first-order valence-electron chi connectivity index (χ1n) is 5.02. The van der Waals surface area contributed by atoms with E-state index in [-0.39, 0.29) is 18.7 Å². The summed E-state index contributed by atoms with van der Waals surface area (Å²) in [6, 6.07) is 3.79. The third-order valence-corrected chi connectivity index (χ3v) is 2.65. The summed E-state index contributed by atoms with van der Waals surface area (Å²) >= 11 is 2.99. The molecule has 0 unspecified atom stereocenters. The number of nitrogens with one attached hydrogen (secondary N) is 1. The molecule has 0 radical (unpaired) electrons. The van der Waals surface area contributed by atoms with Crippen molar-refractivity contribution in [3.63, 3.8) is 0 Å². The van der Waals surface area contributed by atoms with Crippen molar-refractivity contribution in [1.29, 1.82) is 0 Å². The fourth-order valence-electron chi connectivity index (χ4n) is 1.31. The van der Waals surface area contributed by atoms with Crippen molar-refractivity contribution in [2.45, 2.75) is 12.6 Å².